The average Bonchev–Trinajstić information content (AvgIpc) is 3.00. The Hall–Kier alpha value is -4.47. The molecule has 2 amide bonds. The Bertz CT molecular complexity index is 1720. The van der Waals surface area contributed by atoms with E-state index in [9.17, 15) is 18.0 Å². The molecule has 44 heavy (non-hydrogen) atoms. The second-order valence-corrected chi connectivity index (χ2v) is 13.0. The highest BCUT2D eigenvalue weighted by molar-refractivity contribution is 7.89. The summed E-state index contributed by atoms with van der Waals surface area (Å²) in [4.78, 5) is 28.9. The summed E-state index contributed by atoms with van der Waals surface area (Å²) in [6.45, 7) is 5.43. The first-order valence-corrected chi connectivity index (χ1v) is 16.1. The third-order valence-electron chi connectivity index (χ3n) is 7.64. The van der Waals surface area contributed by atoms with Crippen molar-refractivity contribution in [2.24, 2.45) is 0 Å². The van der Waals surface area contributed by atoms with Gasteiger partial charge >= 0.3 is 0 Å². The molecule has 5 rings (SSSR count). The lowest BCUT2D eigenvalue weighted by atomic mass is 10.1. The van der Waals surface area contributed by atoms with E-state index in [1.807, 2.05) is 79.7 Å². The molecule has 1 atom stereocenters. The number of nitrogens with one attached hydrogen (secondary N) is 1. The van der Waals surface area contributed by atoms with Crippen LogP contribution in [0.15, 0.2) is 102 Å². The number of anilines is 1. The maximum Gasteiger partial charge on any atom is 0.262 e. The van der Waals surface area contributed by atoms with E-state index in [0.29, 0.717) is 35.5 Å². The van der Waals surface area contributed by atoms with Gasteiger partial charge in [-0.1, -0.05) is 90.5 Å². The predicted molar refractivity (Wildman–Crippen MR) is 171 cm³/mol. The van der Waals surface area contributed by atoms with Crippen LogP contribution >= 0.6 is 0 Å². The fraction of sp³-hybridized carbons (Fsp3) is 0.257. The van der Waals surface area contributed by atoms with Crippen molar-refractivity contribution in [1.82, 2.24) is 9.62 Å². The molecule has 0 aliphatic carbocycles. The van der Waals surface area contributed by atoms with E-state index < -0.39 is 28.6 Å². The fourth-order valence-electron chi connectivity index (χ4n) is 5.65. The van der Waals surface area contributed by atoms with Crippen LogP contribution in [0.3, 0.4) is 0 Å². The third-order valence-corrected chi connectivity index (χ3v) is 9.74. The monoisotopic (exact) mass is 611 g/mol. The second kappa shape index (κ2) is 13.4. The normalized spacial score (nSPS) is 14.5. The van der Waals surface area contributed by atoms with E-state index in [2.05, 4.69) is 5.32 Å². The number of hydrogen-bond acceptors (Lipinski definition) is 5. The van der Waals surface area contributed by atoms with Crippen molar-refractivity contribution in [3.8, 4) is 5.75 Å². The molecule has 0 radical (unpaired) electrons. The van der Waals surface area contributed by atoms with E-state index in [-0.39, 0.29) is 23.9 Å². The first kappa shape index (κ1) is 31.0. The second-order valence-electron chi connectivity index (χ2n) is 11.1. The van der Waals surface area contributed by atoms with Crippen LogP contribution in [0, 0.1) is 20.8 Å². The van der Waals surface area contributed by atoms with Crippen molar-refractivity contribution >= 4 is 27.5 Å². The van der Waals surface area contributed by atoms with Crippen LogP contribution in [0.25, 0.3) is 0 Å². The molecular formula is C35H37N3O5S. The third kappa shape index (κ3) is 7.01. The van der Waals surface area contributed by atoms with Crippen molar-refractivity contribution in [3.63, 3.8) is 0 Å². The summed E-state index contributed by atoms with van der Waals surface area (Å²) in [5, 5.41) is 2.92. The number of aryl methyl sites for hydroxylation is 3. The van der Waals surface area contributed by atoms with Crippen molar-refractivity contribution < 1.29 is 22.7 Å². The van der Waals surface area contributed by atoms with Crippen molar-refractivity contribution in [1.29, 1.82) is 0 Å². The first-order chi connectivity index (χ1) is 21.1. The predicted octanol–water partition coefficient (Wildman–Crippen LogP) is 4.96. The van der Waals surface area contributed by atoms with E-state index in [1.165, 1.54) is 9.21 Å². The summed E-state index contributed by atoms with van der Waals surface area (Å²) < 4.78 is 35.7. The van der Waals surface area contributed by atoms with Crippen LogP contribution in [0.5, 0.6) is 5.75 Å². The van der Waals surface area contributed by atoms with Gasteiger partial charge in [-0.15, -0.1) is 0 Å². The zero-order valence-corrected chi connectivity index (χ0v) is 26.0. The van der Waals surface area contributed by atoms with Gasteiger partial charge in [-0.05, 0) is 61.6 Å². The molecule has 1 heterocycles. The summed E-state index contributed by atoms with van der Waals surface area (Å²) in [6.07, 6.45) is -0.298. The van der Waals surface area contributed by atoms with Crippen LogP contribution in [-0.2, 0) is 32.6 Å². The van der Waals surface area contributed by atoms with Crippen LogP contribution in [0.2, 0.25) is 0 Å². The van der Waals surface area contributed by atoms with Gasteiger partial charge in [0.05, 0.1) is 23.7 Å². The molecule has 1 aliphatic heterocycles. The number of sulfonamides is 1. The Morgan fingerprint density at radius 3 is 2.11 bits per heavy atom. The van der Waals surface area contributed by atoms with Crippen molar-refractivity contribution in [3.05, 3.63) is 125 Å². The molecule has 1 N–H and O–H groups in total. The van der Waals surface area contributed by atoms with Gasteiger partial charge in [-0.3, -0.25) is 9.59 Å². The molecule has 0 spiro atoms. The quantitative estimate of drug-likeness (QED) is 0.274. The van der Waals surface area contributed by atoms with Gasteiger partial charge in [0.1, 0.15) is 5.75 Å². The zero-order chi connectivity index (χ0) is 31.3. The van der Waals surface area contributed by atoms with Crippen LogP contribution < -0.4 is 15.0 Å². The molecule has 1 unspecified atom stereocenters. The SMILES string of the molecule is Cc1cc(C)c(S(=O)(=O)N(CC(=O)N2CC(C(=O)NCCc3ccccc3)Oc3ccccc32)Cc2ccccc2)c(C)c1. The summed E-state index contributed by atoms with van der Waals surface area (Å²) in [5.41, 5.74) is 4.55. The van der Waals surface area contributed by atoms with Gasteiger partial charge in [-0.25, -0.2) is 8.42 Å². The van der Waals surface area contributed by atoms with Gasteiger partial charge in [-0.2, -0.15) is 4.31 Å². The summed E-state index contributed by atoms with van der Waals surface area (Å²) in [6, 6.07) is 29.7. The molecule has 0 saturated carbocycles. The first-order valence-electron chi connectivity index (χ1n) is 14.6. The number of benzene rings is 4. The minimum atomic E-state index is -4.08. The molecular weight excluding hydrogens is 574 g/mol. The standard InChI is InChI=1S/C35H37N3O5S/c1-25-20-26(2)34(27(3)21-25)44(41,42)37(22-29-14-8-5-9-15-29)24-33(39)38-23-32(43-31-17-11-10-16-30(31)38)35(40)36-19-18-28-12-6-4-7-13-28/h4-17,20-21,32H,18-19,22-24H2,1-3H3,(H,36,40). The Morgan fingerprint density at radius 2 is 1.45 bits per heavy atom. The van der Waals surface area contributed by atoms with Crippen LogP contribution in [-0.4, -0.2) is 50.3 Å². The lowest BCUT2D eigenvalue weighted by Crippen LogP contribution is -2.53. The highest BCUT2D eigenvalue weighted by atomic mass is 32.2. The van der Waals surface area contributed by atoms with Gasteiger partial charge in [0.15, 0.2) is 6.10 Å². The Kier molecular flexibility index (Phi) is 9.46. The number of amides is 2. The highest BCUT2D eigenvalue weighted by Gasteiger charge is 2.37. The van der Waals surface area contributed by atoms with Crippen LogP contribution in [0.1, 0.15) is 27.8 Å². The number of carbonyl (C=O) groups excluding carboxylic acids is 2. The van der Waals surface area contributed by atoms with Crippen molar-refractivity contribution in [2.45, 2.75) is 44.7 Å². The molecule has 4 aromatic rings. The summed E-state index contributed by atoms with van der Waals surface area (Å²) in [5.74, 6) is -0.407. The van der Waals surface area contributed by atoms with E-state index in [1.54, 1.807) is 38.1 Å². The Morgan fingerprint density at radius 1 is 0.864 bits per heavy atom. The van der Waals surface area contributed by atoms with E-state index in [4.69, 9.17) is 4.74 Å². The van der Waals surface area contributed by atoms with Gasteiger partial charge in [0.25, 0.3) is 5.91 Å². The fourth-order valence-corrected chi connectivity index (χ4v) is 7.44. The smallest absolute Gasteiger partial charge is 0.262 e. The largest absolute Gasteiger partial charge is 0.477 e. The summed E-state index contributed by atoms with van der Waals surface area (Å²) in [7, 11) is -4.08. The Balaban J connectivity index is 1.40. The number of rotatable bonds is 10. The highest BCUT2D eigenvalue weighted by Crippen LogP contribution is 2.34. The van der Waals surface area contributed by atoms with Gasteiger partial charge in [0.2, 0.25) is 15.9 Å². The lowest BCUT2D eigenvalue weighted by Gasteiger charge is -2.35. The maximum atomic E-state index is 14.2. The minimum Gasteiger partial charge on any atom is -0.477 e. The maximum absolute atomic E-state index is 14.2. The number of ether oxygens (including phenoxy) is 1. The number of hydrogen-bond donors (Lipinski definition) is 1. The molecule has 0 saturated heterocycles. The molecule has 1 aliphatic rings. The molecule has 0 bridgehead atoms. The van der Waals surface area contributed by atoms with Gasteiger partial charge in [0, 0.05) is 13.1 Å². The molecule has 0 fully saturated rings. The lowest BCUT2D eigenvalue weighted by molar-refractivity contribution is -0.128. The molecule has 8 nitrogen and oxygen atoms in total. The number of nitrogens with zero attached hydrogens (tertiary/aromatic N) is 2. The number of carbonyl (C=O) groups is 2. The van der Waals surface area contributed by atoms with E-state index >= 15 is 0 Å². The summed E-state index contributed by atoms with van der Waals surface area (Å²) >= 11 is 0. The number of fused-ring (bicyclic) bond motifs is 1. The minimum absolute atomic E-state index is 0.0110. The van der Waals surface area contributed by atoms with Gasteiger partial charge < -0.3 is 15.0 Å². The molecule has 4 aromatic carbocycles. The molecule has 9 heteroatoms. The molecule has 0 aromatic heterocycles. The zero-order valence-electron chi connectivity index (χ0n) is 25.2. The van der Waals surface area contributed by atoms with Crippen LogP contribution in [0.4, 0.5) is 5.69 Å². The average molecular weight is 612 g/mol. The van der Waals surface area contributed by atoms with Crippen molar-refractivity contribution in [2.75, 3.05) is 24.5 Å². The molecule has 228 valence electrons. The topological polar surface area (TPSA) is 96.0 Å². The van der Waals surface area contributed by atoms with E-state index in [0.717, 1.165) is 16.7 Å². The Labute approximate surface area is 259 Å². The number of para-hydroxylation sites is 2.